The van der Waals surface area contributed by atoms with Crippen molar-refractivity contribution in [1.82, 2.24) is 24.6 Å². The Bertz CT molecular complexity index is 627. The van der Waals surface area contributed by atoms with Crippen molar-refractivity contribution in [3.8, 4) is 11.3 Å². The van der Waals surface area contributed by atoms with Gasteiger partial charge >= 0.3 is 0 Å². The minimum absolute atomic E-state index is 0.453. The maximum atomic E-state index is 5.20. The Labute approximate surface area is 137 Å². The van der Waals surface area contributed by atoms with Crippen LogP contribution < -0.4 is 0 Å². The summed E-state index contributed by atoms with van der Waals surface area (Å²) in [6.07, 6.45) is 10.0. The van der Waals surface area contributed by atoms with E-state index >= 15 is 0 Å². The first-order valence-electron chi connectivity index (χ1n) is 8.36. The van der Waals surface area contributed by atoms with Gasteiger partial charge in [0.15, 0.2) is 0 Å². The molecule has 1 fully saturated rings. The summed E-state index contributed by atoms with van der Waals surface area (Å²) in [5.74, 6) is 0.453. The van der Waals surface area contributed by atoms with E-state index in [1.165, 1.54) is 12.8 Å². The van der Waals surface area contributed by atoms with Crippen molar-refractivity contribution in [3.05, 3.63) is 30.5 Å². The van der Waals surface area contributed by atoms with Crippen molar-refractivity contribution in [2.24, 2.45) is 0 Å². The van der Waals surface area contributed by atoms with E-state index in [2.05, 4.69) is 21.9 Å². The maximum Gasteiger partial charge on any atom is 0.0920 e. The largest absolute Gasteiger partial charge is 0.383 e. The Kier molecular flexibility index (Phi) is 5.35. The summed E-state index contributed by atoms with van der Waals surface area (Å²) in [5, 5.41) is 4.33. The molecule has 2 aromatic heterocycles. The molecule has 1 unspecified atom stereocenters. The van der Waals surface area contributed by atoms with Crippen molar-refractivity contribution in [2.75, 3.05) is 33.4 Å². The van der Waals surface area contributed by atoms with Crippen LogP contribution in [0.25, 0.3) is 11.3 Å². The van der Waals surface area contributed by atoms with Gasteiger partial charge in [0, 0.05) is 50.6 Å². The van der Waals surface area contributed by atoms with Gasteiger partial charge < -0.3 is 9.64 Å². The molecule has 0 bridgehead atoms. The molecule has 2 aromatic rings. The summed E-state index contributed by atoms with van der Waals surface area (Å²) in [7, 11) is 1.76. The predicted octanol–water partition coefficient (Wildman–Crippen LogP) is 2.19. The first kappa shape index (κ1) is 16.1. The fourth-order valence-corrected chi connectivity index (χ4v) is 3.11. The van der Waals surface area contributed by atoms with Crippen LogP contribution in [-0.4, -0.2) is 58.0 Å². The third-order valence-corrected chi connectivity index (χ3v) is 4.44. The average molecular weight is 315 g/mol. The molecule has 0 aromatic carbocycles. The normalized spacial score (nSPS) is 19.1. The van der Waals surface area contributed by atoms with E-state index in [-0.39, 0.29) is 0 Å². The zero-order valence-electron chi connectivity index (χ0n) is 14.0. The van der Waals surface area contributed by atoms with Crippen LogP contribution in [-0.2, 0) is 11.3 Å². The van der Waals surface area contributed by atoms with Crippen molar-refractivity contribution in [3.63, 3.8) is 0 Å². The van der Waals surface area contributed by atoms with Gasteiger partial charge in [-0.25, -0.2) is 4.98 Å². The maximum absolute atomic E-state index is 5.20. The Morgan fingerprint density at radius 3 is 3.00 bits per heavy atom. The zero-order chi connectivity index (χ0) is 16.1. The lowest BCUT2D eigenvalue weighted by Crippen LogP contribution is -2.36. The number of piperidine rings is 1. The molecule has 1 aliphatic rings. The van der Waals surface area contributed by atoms with Gasteiger partial charge in [-0.1, -0.05) is 0 Å². The van der Waals surface area contributed by atoms with Gasteiger partial charge in [0.2, 0.25) is 0 Å². The number of hydrogen-bond donors (Lipinski definition) is 0. The van der Waals surface area contributed by atoms with Crippen LogP contribution in [0.15, 0.2) is 24.8 Å². The lowest BCUT2D eigenvalue weighted by atomic mass is 9.95. The summed E-state index contributed by atoms with van der Waals surface area (Å²) in [5.41, 5.74) is 3.04. The summed E-state index contributed by atoms with van der Waals surface area (Å²) in [4.78, 5) is 11.7. The van der Waals surface area contributed by atoms with Crippen LogP contribution in [0.4, 0.5) is 0 Å². The molecule has 1 atom stereocenters. The van der Waals surface area contributed by atoms with Crippen LogP contribution in [0.5, 0.6) is 0 Å². The van der Waals surface area contributed by atoms with Crippen molar-refractivity contribution in [2.45, 2.75) is 32.2 Å². The number of rotatable bonds is 6. The lowest BCUT2D eigenvalue weighted by molar-refractivity contribution is 0.127. The molecule has 0 N–H and O–H groups in total. The van der Waals surface area contributed by atoms with E-state index in [9.17, 15) is 0 Å². The number of methoxy groups -OCH3 is 1. The molecule has 0 spiro atoms. The summed E-state index contributed by atoms with van der Waals surface area (Å²) < 4.78 is 7.11. The molecule has 1 aliphatic heterocycles. The monoisotopic (exact) mass is 315 g/mol. The lowest BCUT2D eigenvalue weighted by Gasteiger charge is -2.32. The molecule has 1 saturated heterocycles. The van der Waals surface area contributed by atoms with Crippen molar-refractivity contribution in [1.29, 1.82) is 0 Å². The zero-order valence-corrected chi connectivity index (χ0v) is 14.0. The van der Waals surface area contributed by atoms with Crippen LogP contribution in [0.3, 0.4) is 0 Å². The molecule has 124 valence electrons. The molecule has 23 heavy (non-hydrogen) atoms. The van der Waals surface area contributed by atoms with Gasteiger partial charge in [0.1, 0.15) is 0 Å². The third kappa shape index (κ3) is 3.95. The van der Waals surface area contributed by atoms with Crippen LogP contribution >= 0.6 is 0 Å². The van der Waals surface area contributed by atoms with E-state index in [1.54, 1.807) is 7.11 Å². The minimum Gasteiger partial charge on any atom is -0.383 e. The van der Waals surface area contributed by atoms with Crippen LogP contribution in [0.2, 0.25) is 0 Å². The summed E-state index contributed by atoms with van der Waals surface area (Å²) >= 11 is 0. The smallest absolute Gasteiger partial charge is 0.0920 e. The van der Waals surface area contributed by atoms with E-state index < -0.39 is 0 Å². The number of nitrogens with zero attached hydrogens (tertiary/aromatic N) is 5. The van der Waals surface area contributed by atoms with Gasteiger partial charge in [0.25, 0.3) is 0 Å². The van der Waals surface area contributed by atoms with Gasteiger partial charge in [-0.05, 0) is 26.3 Å². The highest BCUT2D eigenvalue weighted by Gasteiger charge is 2.22. The molecular formula is C17H25N5O. The summed E-state index contributed by atoms with van der Waals surface area (Å²) in [6, 6.07) is 0. The molecule has 6 heteroatoms. The molecular weight excluding hydrogens is 290 g/mol. The predicted molar refractivity (Wildman–Crippen MR) is 89.2 cm³/mol. The molecule has 0 saturated carbocycles. The fourth-order valence-electron chi connectivity index (χ4n) is 3.11. The van der Waals surface area contributed by atoms with E-state index in [0.717, 1.165) is 49.7 Å². The number of likely N-dealkylation sites (tertiary alicyclic amines) is 1. The number of ether oxygens (including phenoxy) is 1. The standard InChI is InChI=1S/C17H25N5O/c1-3-22-13-15(9-19-22)17-11-18-10-16(20-17)14-5-4-6-21(12-14)7-8-23-2/h9-11,13-14H,3-8,12H2,1-2H3. The number of aryl methyl sites for hydroxylation is 1. The molecule has 6 nitrogen and oxygen atoms in total. The molecule has 3 heterocycles. The van der Waals surface area contributed by atoms with Crippen LogP contribution in [0.1, 0.15) is 31.4 Å². The van der Waals surface area contributed by atoms with Crippen molar-refractivity contribution >= 4 is 0 Å². The fraction of sp³-hybridized carbons (Fsp3) is 0.588. The first-order chi connectivity index (χ1) is 11.3. The Balaban J connectivity index is 1.73. The Hall–Kier alpha value is -1.79. The highest BCUT2D eigenvalue weighted by molar-refractivity contribution is 5.55. The highest BCUT2D eigenvalue weighted by atomic mass is 16.5. The molecule has 3 rings (SSSR count). The van der Waals surface area contributed by atoms with Gasteiger partial charge in [-0.2, -0.15) is 5.10 Å². The van der Waals surface area contributed by atoms with Gasteiger partial charge in [-0.3, -0.25) is 9.67 Å². The number of aromatic nitrogens is 4. The highest BCUT2D eigenvalue weighted by Crippen LogP contribution is 2.26. The average Bonchev–Trinajstić information content (AvgIpc) is 3.09. The SMILES string of the molecule is CCn1cc(-c2cncc(C3CCCN(CCOC)C3)n2)cn1. The van der Waals surface area contributed by atoms with Gasteiger partial charge in [0.05, 0.1) is 30.4 Å². The summed E-state index contributed by atoms with van der Waals surface area (Å²) in [6.45, 7) is 6.91. The second-order valence-electron chi connectivity index (χ2n) is 6.05. The third-order valence-electron chi connectivity index (χ3n) is 4.44. The minimum atomic E-state index is 0.453. The topological polar surface area (TPSA) is 56.1 Å². The first-order valence-corrected chi connectivity index (χ1v) is 8.36. The van der Waals surface area contributed by atoms with E-state index in [1.807, 2.05) is 29.5 Å². The molecule has 0 aliphatic carbocycles. The van der Waals surface area contributed by atoms with Gasteiger partial charge in [-0.15, -0.1) is 0 Å². The Morgan fingerprint density at radius 2 is 2.22 bits per heavy atom. The molecule has 0 radical (unpaired) electrons. The second-order valence-corrected chi connectivity index (χ2v) is 6.05. The second kappa shape index (κ2) is 7.66. The van der Waals surface area contributed by atoms with E-state index in [0.29, 0.717) is 5.92 Å². The number of hydrogen-bond acceptors (Lipinski definition) is 5. The molecule has 0 amide bonds. The van der Waals surface area contributed by atoms with E-state index in [4.69, 9.17) is 9.72 Å². The van der Waals surface area contributed by atoms with Crippen molar-refractivity contribution < 1.29 is 4.74 Å². The van der Waals surface area contributed by atoms with Crippen LogP contribution in [0, 0.1) is 0 Å². The Morgan fingerprint density at radius 1 is 1.30 bits per heavy atom. The quantitative estimate of drug-likeness (QED) is 0.818.